The lowest BCUT2D eigenvalue weighted by atomic mass is 9.74. The molecule has 0 bridgehead atoms. The second kappa shape index (κ2) is 7.73. The van der Waals surface area contributed by atoms with Crippen LogP contribution in [0.3, 0.4) is 0 Å². The lowest BCUT2D eigenvalue weighted by Crippen LogP contribution is -2.33. The SMILES string of the molecule is CCN=C1OC(c2cccc(OC)c2)=CC1(c1ccccc1)c1ccccc1. The van der Waals surface area contributed by atoms with Crippen LogP contribution in [0.5, 0.6) is 5.75 Å². The standard InChI is InChI=1S/C25H23NO2/c1-3-26-24-25(20-12-6-4-7-13-20,21-14-8-5-9-15-21)18-23(28-24)19-11-10-16-22(17-19)27-2/h4-18H,3H2,1-2H3. The quantitative estimate of drug-likeness (QED) is 0.597. The molecule has 0 aliphatic carbocycles. The highest BCUT2D eigenvalue weighted by atomic mass is 16.5. The van der Waals surface area contributed by atoms with Gasteiger partial charge in [0.2, 0.25) is 5.90 Å². The zero-order chi connectivity index (χ0) is 19.4. The minimum Gasteiger partial charge on any atom is -0.497 e. The van der Waals surface area contributed by atoms with Crippen molar-refractivity contribution in [3.63, 3.8) is 0 Å². The van der Waals surface area contributed by atoms with Crippen LogP contribution in [-0.4, -0.2) is 19.6 Å². The minimum absolute atomic E-state index is 0.559. The molecule has 0 atom stereocenters. The van der Waals surface area contributed by atoms with Crippen molar-refractivity contribution in [2.24, 2.45) is 4.99 Å². The molecule has 0 aromatic heterocycles. The van der Waals surface area contributed by atoms with Gasteiger partial charge in [0.15, 0.2) is 0 Å². The van der Waals surface area contributed by atoms with Gasteiger partial charge in [-0.15, -0.1) is 0 Å². The first-order valence-corrected chi connectivity index (χ1v) is 9.49. The van der Waals surface area contributed by atoms with E-state index in [1.165, 1.54) is 0 Å². The molecule has 0 N–H and O–H groups in total. The third-order valence-corrected chi connectivity index (χ3v) is 5.01. The fraction of sp³-hybridized carbons (Fsp3) is 0.160. The van der Waals surface area contributed by atoms with Crippen molar-refractivity contribution in [2.45, 2.75) is 12.3 Å². The largest absolute Gasteiger partial charge is 0.497 e. The van der Waals surface area contributed by atoms with E-state index in [0.717, 1.165) is 28.2 Å². The lowest BCUT2D eigenvalue weighted by Gasteiger charge is -2.27. The second-order valence-corrected chi connectivity index (χ2v) is 6.66. The molecule has 3 aromatic rings. The summed E-state index contributed by atoms with van der Waals surface area (Å²) in [5, 5.41) is 0. The molecule has 0 spiro atoms. The topological polar surface area (TPSA) is 30.8 Å². The zero-order valence-corrected chi connectivity index (χ0v) is 16.1. The Labute approximate surface area is 166 Å². The highest BCUT2D eigenvalue weighted by molar-refractivity contribution is 6.02. The fourth-order valence-corrected chi connectivity index (χ4v) is 3.67. The summed E-state index contributed by atoms with van der Waals surface area (Å²) in [5.74, 6) is 2.29. The monoisotopic (exact) mass is 369 g/mol. The maximum absolute atomic E-state index is 6.37. The number of nitrogens with zero attached hydrogens (tertiary/aromatic N) is 1. The van der Waals surface area contributed by atoms with Crippen molar-refractivity contribution in [2.75, 3.05) is 13.7 Å². The van der Waals surface area contributed by atoms with Crippen LogP contribution in [-0.2, 0) is 10.2 Å². The molecule has 0 saturated heterocycles. The summed E-state index contributed by atoms with van der Waals surface area (Å²) in [7, 11) is 1.67. The van der Waals surface area contributed by atoms with Gasteiger partial charge in [-0.2, -0.15) is 0 Å². The molecule has 1 aliphatic heterocycles. The summed E-state index contributed by atoms with van der Waals surface area (Å²) < 4.78 is 11.8. The van der Waals surface area contributed by atoms with Gasteiger partial charge in [-0.05, 0) is 36.3 Å². The van der Waals surface area contributed by atoms with Gasteiger partial charge in [0, 0.05) is 12.1 Å². The number of methoxy groups -OCH3 is 1. The molecule has 0 saturated carbocycles. The molecule has 0 radical (unpaired) electrons. The molecule has 3 aromatic carbocycles. The van der Waals surface area contributed by atoms with Gasteiger partial charge in [-0.3, -0.25) is 4.99 Å². The van der Waals surface area contributed by atoms with E-state index < -0.39 is 5.41 Å². The summed E-state index contributed by atoms with van der Waals surface area (Å²) in [6, 6.07) is 28.7. The van der Waals surface area contributed by atoms with Crippen LogP contribution in [0.2, 0.25) is 0 Å². The predicted molar refractivity (Wildman–Crippen MR) is 114 cm³/mol. The molecule has 0 amide bonds. The Morgan fingerprint density at radius 1 is 0.857 bits per heavy atom. The van der Waals surface area contributed by atoms with E-state index in [9.17, 15) is 0 Å². The number of rotatable bonds is 5. The molecular formula is C25H23NO2. The Kier molecular flexibility index (Phi) is 4.98. The zero-order valence-electron chi connectivity index (χ0n) is 16.1. The highest BCUT2D eigenvalue weighted by Crippen LogP contribution is 2.44. The first-order chi connectivity index (χ1) is 13.8. The van der Waals surface area contributed by atoms with Crippen LogP contribution in [0.15, 0.2) is 96.0 Å². The van der Waals surface area contributed by atoms with Crippen molar-refractivity contribution in [3.8, 4) is 5.75 Å². The Morgan fingerprint density at radius 3 is 2.07 bits per heavy atom. The second-order valence-electron chi connectivity index (χ2n) is 6.66. The average Bonchev–Trinajstić information content (AvgIpc) is 3.16. The van der Waals surface area contributed by atoms with Crippen molar-refractivity contribution in [3.05, 3.63) is 108 Å². The third-order valence-electron chi connectivity index (χ3n) is 5.01. The van der Waals surface area contributed by atoms with E-state index in [2.05, 4.69) is 54.6 Å². The number of hydrogen-bond acceptors (Lipinski definition) is 3. The van der Waals surface area contributed by atoms with E-state index in [1.807, 2.05) is 43.3 Å². The summed E-state index contributed by atoms with van der Waals surface area (Å²) in [6.45, 7) is 2.68. The van der Waals surface area contributed by atoms with Gasteiger partial charge in [0.25, 0.3) is 0 Å². The van der Waals surface area contributed by atoms with Gasteiger partial charge in [-0.25, -0.2) is 0 Å². The van der Waals surface area contributed by atoms with Crippen molar-refractivity contribution in [1.29, 1.82) is 0 Å². The molecule has 140 valence electrons. The van der Waals surface area contributed by atoms with Crippen LogP contribution >= 0.6 is 0 Å². The van der Waals surface area contributed by atoms with Crippen LogP contribution in [0.25, 0.3) is 5.76 Å². The van der Waals surface area contributed by atoms with Gasteiger partial charge >= 0.3 is 0 Å². The molecule has 4 rings (SSSR count). The maximum Gasteiger partial charge on any atom is 0.209 e. The van der Waals surface area contributed by atoms with E-state index in [1.54, 1.807) is 7.11 Å². The number of aliphatic imine (C=N–C) groups is 1. The molecule has 0 fully saturated rings. The summed E-state index contributed by atoms with van der Waals surface area (Å²) in [6.07, 6.45) is 2.18. The van der Waals surface area contributed by atoms with E-state index >= 15 is 0 Å². The van der Waals surface area contributed by atoms with E-state index in [4.69, 9.17) is 14.5 Å². The van der Waals surface area contributed by atoms with Crippen molar-refractivity contribution in [1.82, 2.24) is 0 Å². The first kappa shape index (κ1) is 18.1. The Bertz CT molecular complexity index is 967. The molecule has 0 unspecified atom stereocenters. The van der Waals surface area contributed by atoms with Crippen LogP contribution in [0, 0.1) is 0 Å². The van der Waals surface area contributed by atoms with Crippen LogP contribution in [0.1, 0.15) is 23.6 Å². The van der Waals surface area contributed by atoms with Gasteiger partial charge in [-0.1, -0.05) is 72.8 Å². The fourth-order valence-electron chi connectivity index (χ4n) is 3.67. The van der Waals surface area contributed by atoms with E-state index in [0.29, 0.717) is 12.4 Å². The Morgan fingerprint density at radius 2 is 1.50 bits per heavy atom. The predicted octanol–water partition coefficient (Wildman–Crippen LogP) is 5.47. The normalized spacial score (nSPS) is 16.5. The number of ether oxygens (including phenoxy) is 2. The first-order valence-electron chi connectivity index (χ1n) is 9.49. The Balaban J connectivity index is 1.96. The van der Waals surface area contributed by atoms with Gasteiger partial charge in [0.05, 0.1) is 7.11 Å². The summed E-state index contributed by atoms with van der Waals surface area (Å²) in [5.41, 5.74) is 2.67. The molecular weight excluding hydrogens is 346 g/mol. The molecule has 1 aliphatic rings. The Hall–Kier alpha value is -3.33. The smallest absolute Gasteiger partial charge is 0.209 e. The summed E-state index contributed by atoms with van der Waals surface area (Å²) in [4.78, 5) is 4.76. The van der Waals surface area contributed by atoms with E-state index in [-0.39, 0.29) is 0 Å². The van der Waals surface area contributed by atoms with Gasteiger partial charge in [0.1, 0.15) is 16.9 Å². The van der Waals surface area contributed by atoms with Crippen LogP contribution in [0.4, 0.5) is 0 Å². The van der Waals surface area contributed by atoms with Crippen molar-refractivity contribution < 1.29 is 9.47 Å². The third kappa shape index (κ3) is 3.09. The minimum atomic E-state index is -0.559. The molecule has 3 heteroatoms. The van der Waals surface area contributed by atoms with Gasteiger partial charge < -0.3 is 9.47 Å². The lowest BCUT2D eigenvalue weighted by molar-refractivity contribution is 0.414. The number of hydrogen-bond donors (Lipinski definition) is 0. The molecule has 1 heterocycles. The molecule has 3 nitrogen and oxygen atoms in total. The average molecular weight is 369 g/mol. The molecule has 28 heavy (non-hydrogen) atoms. The highest BCUT2D eigenvalue weighted by Gasteiger charge is 2.45. The summed E-state index contributed by atoms with van der Waals surface area (Å²) >= 11 is 0. The number of benzene rings is 3. The van der Waals surface area contributed by atoms with Crippen LogP contribution < -0.4 is 4.74 Å². The maximum atomic E-state index is 6.37. The van der Waals surface area contributed by atoms with Crippen molar-refractivity contribution >= 4 is 11.7 Å².